The Morgan fingerprint density at radius 1 is 1.17 bits per heavy atom. The molecule has 12 heteroatoms. The molecular weight excluding hydrogens is 425 g/mol. The smallest absolute Gasteiger partial charge is 0.320 e. The van der Waals surface area contributed by atoms with Crippen molar-refractivity contribution in [2.24, 2.45) is 5.84 Å². The molecule has 0 atom stereocenters. The molecule has 4 N–H and O–H groups in total. The summed E-state index contributed by atoms with van der Waals surface area (Å²) in [4.78, 5) is 28.7. The monoisotopic (exact) mass is 438 g/mol. The topological polar surface area (TPSA) is 115 Å². The molecule has 0 aliphatic rings. The van der Waals surface area contributed by atoms with Gasteiger partial charge in [0.1, 0.15) is 5.69 Å². The van der Waals surface area contributed by atoms with E-state index in [1.807, 2.05) is 5.43 Å². The summed E-state index contributed by atoms with van der Waals surface area (Å²) < 4.78 is 40.4. The molecule has 0 fully saturated rings. The summed E-state index contributed by atoms with van der Waals surface area (Å²) in [7, 11) is 0. The van der Waals surface area contributed by atoms with Gasteiger partial charge in [0.05, 0.1) is 16.3 Å². The first-order chi connectivity index (χ1) is 14.1. The molecule has 156 valence electrons. The van der Waals surface area contributed by atoms with Gasteiger partial charge in [-0.3, -0.25) is 15.0 Å². The number of anilines is 1. The lowest BCUT2D eigenvalue weighted by Gasteiger charge is -2.12. The van der Waals surface area contributed by atoms with Gasteiger partial charge in [-0.15, -0.1) is 0 Å². The zero-order chi connectivity index (χ0) is 22.1. The molecule has 0 radical (unpaired) electrons. The van der Waals surface area contributed by atoms with Gasteiger partial charge in [0.2, 0.25) is 0 Å². The van der Waals surface area contributed by atoms with Crippen molar-refractivity contribution in [3.8, 4) is 5.82 Å². The number of hydrogen-bond donors (Lipinski definition) is 3. The lowest BCUT2D eigenvalue weighted by atomic mass is 10.1. The summed E-state index contributed by atoms with van der Waals surface area (Å²) in [5.74, 6) is 3.33. The highest BCUT2D eigenvalue weighted by Gasteiger charge is 2.36. The maximum Gasteiger partial charge on any atom is 0.435 e. The Morgan fingerprint density at radius 2 is 1.90 bits per heavy atom. The van der Waals surface area contributed by atoms with E-state index in [0.717, 1.165) is 0 Å². The number of alkyl halides is 3. The van der Waals surface area contributed by atoms with Crippen molar-refractivity contribution >= 4 is 29.1 Å². The number of rotatable bonds is 4. The normalized spacial score (nSPS) is 11.3. The number of amides is 2. The Labute approximate surface area is 172 Å². The third kappa shape index (κ3) is 4.26. The number of nitrogens with zero attached hydrogens (tertiary/aromatic N) is 3. The Morgan fingerprint density at radius 3 is 2.53 bits per heavy atom. The molecule has 0 bridgehead atoms. The number of benzene rings is 1. The van der Waals surface area contributed by atoms with Crippen LogP contribution in [0.1, 0.15) is 32.1 Å². The molecule has 3 aromatic rings. The number of halogens is 4. The van der Waals surface area contributed by atoms with Crippen molar-refractivity contribution < 1.29 is 22.8 Å². The minimum atomic E-state index is -4.81. The van der Waals surface area contributed by atoms with Crippen LogP contribution in [0, 0.1) is 6.92 Å². The maximum atomic E-state index is 13.2. The van der Waals surface area contributed by atoms with Crippen LogP contribution < -0.4 is 16.6 Å². The number of aryl methyl sites for hydroxylation is 1. The summed E-state index contributed by atoms with van der Waals surface area (Å²) in [6.07, 6.45) is -3.52. The van der Waals surface area contributed by atoms with E-state index < -0.39 is 29.4 Å². The standard InChI is InChI=1S/C18H14ClF3N6O2/c1-9-4-5-10(16(29)26-23)12(7-9)25-17(30)13-8-14(18(20,21)22)27-28(13)15-11(19)3-2-6-24-15/h2-8H,23H2,1H3,(H,25,30)(H,26,29). The predicted molar refractivity (Wildman–Crippen MR) is 102 cm³/mol. The number of carbonyl (C=O) groups is 2. The van der Waals surface area contributed by atoms with Gasteiger partial charge in [0.25, 0.3) is 11.8 Å². The quantitative estimate of drug-likeness (QED) is 0.329. The van der Waals surface area contributed by atoms with E-state index in [9.17, 15) is 22.8 Å². The third-order valence-corrected chi connectivity index (χ3v) is 4.27. The van der Waals surface area contributed by atoms with E-state index in [1.165, 1.54) is 30.5 Å². The molecule has 0 unspecified atom stereocenters. The molecule has 2 heterocycles. The van der Waals surface area contributed by atoms with Crippen LogP contribution in [0.2, 0.25) is 5.02 Å². The zero-order valence-electron chi connectivity index (χ0n) is 15.3. The number of pyridine rings is 1. The molecule has 8 nitrogen and oxygen atoms in total. The van der Waals surface area contributed by atoms with E-state index in [-0.39, 0.29) is 22.1 Å². The molecule has 0 aliphatic heterocycles. The number of hydrogen-bond acceptors (Lipinski definition) is 5. The van der Waals surface area contributed by atoms with Crippen LogP contribution in [0.4, 0.5) is 18.9 Å². The highest BCUT2D eigenvalue weighted by molar-refractivity contribution is 6.32. The molecule has 2 aromatic heterocycles. The molecule has 30 heavy (non-hydrogen) atoms. The highest BCUT2D eigenvalue weighted by atomic mass is 35.5. The number of nitrogens with two attached hydrogens (primary N) is 1. The van der Waals surface area contributed by atoms with Gasteiger partial charge in [-0.2, -0.15) is 18.3 Å². The van der Waals surface area contributed by atoms with E-state index >= 15 is 0 Å². The Hall–Kier alpha value is -3.44. The summed E-state index contributed by atoms with van der Waals surface area (Å²) in [5, 5.41) is 5.86. The van der Waals surface area contributed by atoms with Crippen molar-refractivity contribution in [3.05, 3.63) is 70.1 Å². The second kappa shape index (κ2) is 8.13. The number of nitrogens with one attached hydrogen (secondary N) is 2. The minimum Gasteiger partial charge on any atom is -0.320 e. The van der Waals surface area contributed by atoms with Gasteiger partial charge < -0.3 is 5.32 Å². The fourth-order valence-corrected chi connectivity index (χ4v) is 2.80. The molecular formula is C18H14ClF3N6O2. The van der Waals surface area contributed by atoms with Gasteiger partial charge in [-0.25, -0.2) is 15.5 Å². The molecule has 3 rings (SSSR count). The van der Waals surface area contributed by atoms with Crippen molar-refractivity contribution in [2.45, 2.75) is 13.1 Å². The maximum absolute atomic E-state index is 13.2. The summed E-state index contributed by atoms with van der Waals surface area (Å²) in [5.41, 5.74) is 0.915. The average Bonchev–Trinajstić information content (AvgIpc) is 3.14. The number of aromatic nitrogens is 3. The Bertz CT molecular complexity index is 1130. The van der Waals surface area contributed by atoms with Gasteiger partial charge in [0.15, 0.2) is 11.5 Å². The second-order valence-electron chi connectivity index (χ2n) is 6.11. The molecule has 2 amide bonds. The summed E-state index contributed by atoms with van der Waals surface area (Å²) in [6, 6.07) is 7.94. The van der Waals surface area contributed by atoms with Gasteiger partial charge in [-0.05, 0) is 36.8 Å². The largest absolute Gasteiger partial charge is 0.435 e. The average molecular weight is 439 g/mol. The van der Waals surface area contributed by atoms with Crippen molar-refractivity contribution in [1.29, 1.82) is 0 Å². The van der Waals surface area contributed by atoms with Crippen LogP contribution in [-0.2, 0) is 6.18 Å². The van der Waals surface area contributed by atoms with Crippen molar-refractivity contribution in [3.63, 3.8) is 0 Å². The van der Waals surface area contributed by atoms with Gasteiger partial charge in [-0.1, -0.05) is 17.7 Å². The lowest BCUT2D eigenvalue weighted by Crippen LogP contribution is -2.31. The SMILES string of the molecule is Cc1ccc(C(=O)NN)c(NC(=O)c2cc(C(F)(F)F)nn2-c2ncccc2Cl)c1. The number of hydrazine groups is 1. The van der Waals surface area contributed by atoms with Crippen molar-refractivity contribution in [1.82, 2.24) is 20.2 Å². The summed E-state index contributed by atoms with van der Waals surface area (Å²) in [6.45, 7) is 1.71. The van der Waals surface area contributed by atoms with Crippen LogP contribution in [0.25, 0.3) is 5.82 Å². The third-order valence-electron chi connectivity index (χ3n) is 3.97. The molecule has 0 saturated carbocycles. The number of nitrogen functional groups attached to an aromatic ring is 1. The summed E-state index contributed by atoms with van der Waals surface area (Å²) >= 11 is 6.02. The van der Waals surface area contributed by atoms with Crippen LogP contribution >= 0.6 is 11.6 Å². The first kappa shape index (κ1) is 21.3. The van der Waals surface area contributed by atoms with E-state index in [4.69, 9.17) is 17.4 Å². The first-order valence-corrected chi connectivity index (χ1v) is 8.70. The van der Waals surface area contributed by atoms with E-state index in [2.05, 4.69) is 15.4 Å². The fraction of sp³-hybridized carbons (Fsp3) is 0.111. The van der Waals surface area contributed by atoms with Crippen LogP contribution in [-0.4, -0.2) is 26.6 Å². The number of carbonyl (C=O) groups excluding carboxylic acids is 2. The Kier molecular flexibility index (Phi) is 5.76. The van der Waals surface area contributed by atoms with E-state index in [0.29, 0.717) is 16.3 Å². The zero-order valence-corrected chi connectivity index (χ0v) is 16.0. The molecule has 0 spiro atoms. The predicted octanol–water partition coefficient (Wildman–Crippen LogP) is 3.10. The van der Waals surface area contributed by atoms with Crippen molar-refractivity contribution in [2.75, 3.05) is 5.32 Å². The Balaban J connectivity index is 2.09. The van der Waals surface area contributed by atoms with E-state index in [1.54, 1.807) is 13.0 Å². The molecule has 0 aliphatic carbocycles. The minimum absolute atomic E-state index is 0.0119. The van der Waals surface area contributed by atoms with Crippen LogP contribution in [0.5, 0.6) is 0 Å². The van der Waals surface area contributed by atoms with Gasteiger partial charge >= 0.3 is 6.18 Å². The highest BCUT2D eigenvalue weighted by Crippen LogP contribution is 2.31. The van der Waals surface area contributed by atoms with Gasteiger partial charge in [0, 0.05) is 12.3 Å². The first-order valence-electron chi connectivity index (χ1n) is 8.33. The molecule has 1 aromatic carbocycles. The lowest BCUT2D eigenvalue weighted by molar-refractivity contribution is -0.141. The van der Waals surface area contributed by atoms with Crippen LogP contribution in [0.3, 0.4) is 0 Å². The van der Waals surface area contributed by atoms with Crippen LogP contribution in [0.15, 0.2) is 42.6 Å². The fourth-order valence-electron chi connectivity index (χ4n) is 2.60. The second-order valence-corrected chi connectivity index (χ2v) is 6.52. The molecule has 0 saturated heterocycles.